The van der Waals surface area contributed by atoms with Gasteiger partial charge in [-0.3, -0.25) is 0 Å². The number of rotatable bonds is 6. The van der Waals surface area contributed by atoms with E-state index in [9.17, 15) is 5.11 Å². The summed E-state index contributed by atoms with van der Waals surface area (Å²) in [5.74, 6) is 0. The van der Waals surface area contributed by atoms with Gasteiger partial charge in [0.05, 0.1) is 12.6 Å². The molecule has 0 fully saturated rings. The zero-order valence-electron chi connectivity index (χ0n) is 11.3. The quantitative estimate of drug-likeness (QED) is 0.831. The van der Waals surface area contributed by atoms with Gasteiger partial charge in [0.15, 0.2) is 0 Å². The average Bonchev–Trinajstić information content (AvgIpc) is 2.50. The van der Waals surface area contributed by atoms with Crippen LogP contribution in [-0.4, -0.2) is 17.8 Å². The first kappa shape index (κ1) is 13.8. The fourth-order valence-electron chi connectivity index (χ4n) is 2.21. The SMILES string of the molecule is CC[C@@H](CO)NC(c1ccccc1)c1ccccc1. The van der Waals surface area contributed by atoms with E-state index in [1.807, 2.05) is 36.4 Å². The minimum absolute atomic E-state index is 0.116. The maximum absolute atomic E-state index is 9.41. The average molecular weight is 255 g/mol. The maximum atomic E-state index is 9.41. The molecule has 100 valence electrons. The highest BCUT2D eigenvalue weighted by Gasteiger charge is 2.16. The van der Waals surface area contributed by atoms with Crippen LogP contribution in [-0.2, 0) is 0 Å². The van der Waals surface area contributed by atoms with Crippen molar-refractivity contribution in [2.45, 2.75) is 25.4 Å². The number of hydrogen-bond donors (Lipinski definition) is 2. The Labute approximate surface area is 115 Å². The van der Waals surface area contributed by atoms with E-state index in [-0.39, 0.29) is 18.7 Å². The molecule has 0 amide bonds. The van der Waals surface area contributed by atoms with Crippen molar-refractivity contribution in [2.75, 3.05) is 6.61 Å². The third-order valence-corrected chi connectivity index (χ3v) is 3.38. The maximum Gasteiger partial charge on any atom is 0.0584 e. The Morgan fingerprint density at radius 2 is 1.37 bits per heavy atom. The predicted octanol–water partition coefficient (Wildman–Crippen LogP) is 3.14. The second-order valence-electron chi connectivity index (χ2n) is 4.71. The van der Waals surface area contributed by atoms with E-state index >= 15 is 0 Å². The minimum atomic E-state index is 0.116. The number of hydrogen-bond acceptors (Lipinski definition) is 2. The van der Waals surface area contributed by atoms with Crippen LogP contribution in [0.2, 0.25) is 0 Å². The van der Waals surface area contributed by atoms with Crippen molar-refractivity contribution >= 4 is 0 Å². The van der Waals surface area contributed by atoms with E-state index in [4.69, 9.17) is 0 Å². The van der Waals surface area contributed by atoms with Gasteiger partial charge < -0.3 is 10.4 Å². The molecule has 0 aromatic heterocycles. The molecular formula is C17H21NO. The summed E-state index contributed by atoms with van der Waals surface area (Å²) in [6.45, 7) is 2.24. The molecule has 0 saturated carbocycles. The molecule has 0 radical (unpaired) electrons. The van der Waals surface area contributed by atoms with E-state index in [1.54, 1.807) is 0 Å². The summed E-state index contributed by atoms with van der Waals surface area (Å²) >= 11 is 0. The van der Waals surface area contributed by atoms with Gasteiger partial charge in [-0.15, -0.1) is 0 Å². The van der Waals surface area contributed by atoms with Crippen LogP contribution in [0.3, 0.4) is 0 Å². The van der Waals surface area contributed by atoms with E-state index in [2.05, 4.69) is 36.5 Å². The second-order valence-corrected chi connectivity index (χ2v) is 4.71. The largest absolute Gasteiger partial charge is 0.395 e. The lowest BCUT2D eigenvalue weighted by molar-refractivity contribution is 0.232. The molecule has 0 aliphatic heterocycles. The highest BCUT2D eigenvalue weighted by molar-refractivity contribution is 5.31. The fraction of sp³-hybridized carbons (Fsp3) is 0.294. The first-order chi connectivity index (χ1) is 9.35. The van der Waals surface area contributed by atoms with Crippen LogP contribution < -0.4 is 5.32 Å². The van der Waals surface area contributed by atoms with Crippen LogP contribution in [0, 0.1) is 0 Å². The van der Waals surface area contributed by atoms with Crippen LogP contribution in [0.25, 0.3) is 0 Å². The molecule has 0 heterocycles. The molecule has 0 saturated heterocycles. The van der Waals surface area contributed by atoms with Gasteiger partial charge in [-0.2, -0.15) is 0 Å². The summed E-state index contributed by atoms with van der Waals surface area (Å²) in [5, 5.41) is 12.9. The fourth-order valence-corrected chi connectivity index (χ4v) is 2.21. The van der Waals surface area contributed by atoms with Gasteiger partial charge >= 0.3 is 0 Å². The van der Waals surface area contributed by atoms with E-state index in [0.29, 0.717) is 0 Å². The van der Waals surface area contributed by atoms with Crippen molar-refractivity contribution in [2.24, 2.45) is 0 Å². The van der Waals surface area contributed by atoms with Crippen molar-refractivity contribution in [3.05, 3.63) is 71.8 Å². The number of aliphatic hydroxyl groups excluding tert-OH is 1. The molecule has 0 aliphatic rings. The van der Waals surface area contributed by atoms with Gasteiger partial charge in [-0.25, -0.2) is 0 Å². The van der Waals surface area contributed by atoms with Gasteiger partial charge in [-0.1, -0.05) is 67.6 Å². The Morgan fingerprint density at radius 1 is 0.895 bits per heavy atom. The lowest BCUT2D eigenvalue weighted by Gasteiger charge is -2.24. The molecule has 0 unspecified atom stereocenters. The number of aliphatic hydroxyl groups is 1. The van der Waals surface area contributed by atoms with Gasteiger partial charge in [0.2, 0.25) is 0 Å². The number of nitrogens with one attached hydrogen (secondary N) is 1. The minimum Gasteiger partial charge on any atom is -0.395 e. The molecule has 2 nitrogen and oxygen atoms in total. The summed E-state index contributed by atoms with van der Waals surface area (Å²) in [5.41, 5.74) is 2.45. The Balaban J connectivity index is 2.29. The summed E-state index contributed by atoms with van der Waals surface area (Å²) in [7, 11) is 0. The van der Waals surface area contributed by atoms with Crippen molar-refractivity contribution < 1.29 is 5.11 Å². The normalized spacial score (nSPS) is 12.6. The van der Waals surface area contributed by atoms with Gasteiger partial charge in [0, 0.05) is 6.04 Å². The monoisotopic (exact) mass is 255 g/mol. The van der Waals surface area contributed by atoms with E-state index in [0.717, 1.165) is 6.42 Å². The van der Waals surface area contributed by atoms with Crippen molar-refractivity contribution in [3.8, 4) is 0 Å². The summed E-state index contributed by atoms with van der Waals surface area (Å²) in [6.07, 6.45) is 0.909. The number of benzene rings is 2. The third-order valence-electron chi connectivity index (χ3n) is 3.38. The standard InChI is InChI=1S/C17H21NO/c1-2-16(13-19)18-17(14-9-5-3-6-10-14)15-11-7-4-8-12-15/h3-12,16-19H,2,13H2,1H3/t16-/m0/s1. The molecule has 2 heteroatoms. The summed E-state index contributed by atoms with van der Waals surface area (Å²) in [4.78, 5) is 0. The van der Waals surface area contributed by atoms with E-state index in [1.165, 1.54) is 11.1 Å². The van der Waals surface area contributed by atoms with Crippen LogP contribution >= 0.6 is 0 Å². The Kier molecular flexibility index (Phi) is 5.13. The van der Waals surface area contributed by atoms with Crippen molar-refractivity contribution in [1.29, 1.82) is 0 Å². The molecule has 2 N–H and O–H groups in total. The van der Waals surface area contributed by atoms with Gasteiger partial charge in [0.25, 0.3) is 0 Å². The first-order valence-electron chi connectivity index (χ1n) is 6.82. The molecule has 1 atom stereocenters. The molecule has 19 heavy (non-hydrogen) atoms. The zero-order valence-corrected chi connectivity index (χ0v) is 11.3. The topological polar surface area (TPSA) is 32.3 Å². The van der Waals surface area contributed by atoms with Crippen LogP contribution in [0.4, 0.5) is 0 Å². The van der Waals surface area contributed by atoms with E-state index < -0.39 is 0 Å². The van der Waals surface area contributed by atoms with Crippen molar-refractivity contribution in [3.63, 3.8) is 0 Å². The highest BCUT2D eigenvalue weighted by atomic mass is 16.3. The highest BCUT2D eigenvalue weighted by Crippen LogP contribution is 2.22. The molecule has 0 bridgehead atoms. The zero-order chi connectivity index (χ0) is 13.5. The summed E-state index contributed by atoms with van der Waals surface area (Å²) < 4.78 is 0. The molecular weight excluding hydrogens is 234 g/mol. The smallest absolute Gasteiger partial charge is 0.0584 e. The lowest BCUT2D eigenvalue weighted by atomic mass is 9.97. The Hall–Kier alpha value is -1.64. The summed E-state index contributed by atoms with van der Waals surface area (Å²) in [6, 6.07) is 21.0. The third kappa shape index (κ3) is 3.66. The predicted molar refractivity (Wildman–Crippen MR) is 79.0 cm³/mol. The van der Waals surface area contributed by atoms with Crippen LogP contribution in [0.5, 0.6) is 0 Å². The molecule has 2 aromatic rings. The molecule has 0 spiro atoms. The molecule has 0 aliphatic carbocycles. The lowest BCUT2D eigenvalue weighted by Crippen LogP contribution is -2.35. The van der Waals surface area contributed by atoms with Crippen molar-refractivity contribution in [1.82, 2.24) is 5.32 Å². The molecule has 2 aromatic carbocycles. The van der Waals surface area contributed by atoms with Gasteiger partial charge in [0.1, 0.15) is 0 Å². The first-order valence-corrected chi connectivity index (χ1v) is 6.82. The Morgan fingerprint density at radius 3 is 1.74 bits per heavy atom. The molecule has 2 rings (SSSR count). The van der Waals surface area contributed by atoms with Crippen LogP contribution in [0.15, 0.2) is 60.7 Å². The second kappa shape index (κ2) is 7.07. The van der Waals surface area contributed by atoms with Crippen LogP contribution in [0.1, 0.15) is 30.5 Å². The van der Waals surface area contributed by atoms with Gasteiger partial charge in [-0.05, 0) is 17.5 Å². The Bertz CT molecular complexity index is 426.